The summed E-state index contributed by atoms with van der Waals surface area (Å²) in [6.45, 7) is 4.04. The summed E-state index contributed by atoms with van der Waals surface area (Å²) in [6.07, 6.45) is 2.30. The minimum absolute atomic E-state index is 0.165. The number of hydrogen-bond acceptors (Lipinski definition) is 2. The number of halogens is 2. The molecule has 0 spiro atoms. The highest BCUT2D eigenvalue weighted by atomic mass is 35.5. The number of rotatable bonds is 3. The van der Waals surface area contributed by atoms with Crippen LogP contribution in [0.4, 0.5) is 4.39 Å². The summed E-state index contributed by atoms with van der Waals surface area (Å²) in [5.41, 5.74) is 0.994. The highest BCUT2D eigenvalue weighted by Crippen LogP contribution is 2.25. The van der Waals surface area contributed by atoms with Crippen molar-refractivity contribution in [3.8, 4) is 0 Å². The molecule has 1 N–H and O–H groups in total. The van der Waals surface area contributed by atoms with Crippen LogP contribution in [0.25, 0.3) is 0 Å². The van der Waals surface area contributed by atoms with Crippen LogP contribution >= 0.6 is 11.6 Å². The van der Waals surface area contributed by atoms with Crippen molar-refractivity contribution in [2.75, 3.05) is 13.2 Å². The van der Waals surface area contributed by atoms with Gasteiger partial charge < -0.3 is 5.11 Å². The summed E-state index contributed by atoms with van der Waals surface area (Å²) in [5, 5.41) is 9.65. The Morgan fingerprint density at radius 2 is 2.28 bits per heavy atom. The molecule has 100 valence electrons. The monoisotopic (exact) mass is 271 g/mol. The Kier molecular flexibility index (Phi) is 4.60. The third kappa shape index (κ3) is 3.02. The molecule has 2 rings (SSSR count). The van der Waals surface area contributed by atoms with E-state index >= 15 is 0 Å². The SMILES string of the molecule is C[C@H]1CCCN(Cc2ccc(F)c(Cl)c2)[C@@H]1CO. The zero-order valence-corrected chi connectivity index (χ0v) is 11.3. The Labute approximate surface area is 112 Å². The van der Waals surface area contributed by atoms with Gasteiger partial charge in [-0.15, -0.1) is 0 Å². The van der Waals surface area contributed by atoms with Gasteiger partial charge in [-0.2, -0.15) is 0 Å². The summed E-state index contributed by atoms with van der Waals surface area (Å²) < 4.78 is 13.1. The predicted molar refractivity (Wildman–Crippen MR) is 71.1 cm³/mol. The lowest BCUT2D eigenvalue weighted by atomic mass is 9.91. The first kappa shape index (κ1) is 13.8. The van der Waals surface area contributed by atoms with Crippen molar-refractivity contribution in [3.63, 3.8) is 0 Å². The van der Waals surface area contributed by atoms with Crippen molar-refractivity contribution < 1.29 is 9.50 Å². The summed E-state index contributed by atoms with van der Waals surface area (Å²) in [7, 11) is 0. The molecule has 1 heterocycles. The van der Waals surface area contributed by atoms with E-state index in [1.54, 1.807) is 12.1 Å². The van der Waals surface area contributed by atoms with E-state index in [-0.39, 0.29) is 23.5 Å². The topological polar surface area (TPSA) is 23.5 Å². The summed E-state index contributed by atoms with van der Waals surface area (Å²) in [5.74, 6) is 0.116. The molecule has 2 nitrogen and oxygen atoms in total. The maximum atomic E-state index is 13.1. The molecular weight excluding hydrogens is 253 g/mol. The number of aliphatic hydroxyl groups excluding tert-OH is 1. The second kappa shape index (κ2) is 6.00. The molecule has 0 unspecified atom stereocenters. The maximum Gasteiger partial charge on any atom is 0.141 e. The lowest BCUT2D eigenvalue weighted by Gasteiger charge is -2.39. The molecule has 0 aromatic heterocycles. The third-order valence-electron chi connectivity index (χ3n) is 3.79. The molecule has 2 atom stereocenters. The van der Waals surface area contributed by atoms with Crippen LogP contribution in [0, 0.1) is 11.7 Å². The third-order valence-corrected chi connectivity index (χ3v) is 4.08. The second-order valence-corrected chi connectivity index (χ2v) is 5.50. The van der Waals surface area contributed by atoms with Gasteiger partial charge in [0.05, 0.1) is 11.6 Å². The van der Waals surface area contributed by atoms with E-state index in [4.69, 9.17) is 11.6 Å². The minimum atomic E-state index is -0.383. The Balaban J connectivity index is 2.09. The summed E-state index contributed by atoms with van der Waals surface area (Å²) >= 11 is 5.79. The van der Waals surface area contributed by atoms with Gasteiger partial charge in [-0.3, -0.25) is 4.90 Å². The Morgan fingerprint density at radius 3 is 2.94 bits per heavy atom. The van der Waals surface area contributed by atoms with Crippen molar-refractivity contribution in [1.82, 2.24) is 4.90 Å². The van der Waals surface area contributed by atoms with Crippen molar-refractivity contribution >= 4 is 11.6 Å². The molecule has 4 heteroatoms. The Bertz CT molecular complexity index is 413. The molecule has 0 saturated carbocycles. The number of aliphatic hydroxyl groups is 1. The fraction of sp³-hybridized carbons (Fsp3) is 0.571. The molecule has 1 aromatic rings. The van der Waals surface area contributed by atoms with Gasteiger partial charge in [-0.25, -0.2) is 4.39 Å². The lowest BCUT2D eigenvalue weighted by molar-refractivity contribution is 0.0472. The van der Waals surface area contributed by atoms with Crippen molar-refractivity contribution in [1.29, 1.82) is 0 Å². The molecule has 18 heavy (non-hydrogen) atoms. The van der Waals surface area contributed by atoms with E-state index in [2.05, 4.69) is 11.8 Å². The summed E-state index contributed by atoms with van der Waals surface area (Å²) in [6, 6.07) is 5.03. The van der Waals surface area contributed by atoms with E-state index in [9.17, 15) is 9.50 Å². The van der Waals surface area contributed by atoms with Gasteiger partial charge in [-0.1, -0.05) is 24.6 Å². The highest BCUT2D eigenvalue weighted by molar-refractivity contribution is 6.30. The predicted octanol–water partition coefficient (Wildman–Crippen LogP) is 3.07. The fourth-order valence-corrected chi connectivity index (χ4v) is 2.90. The highest BCUT2D eigenvalue weighted by Gasteiger charge is 2.27. The number of benzene rings is 1. The van der Waals surface area contributed by atoms with E-state index in [1.165, 1.54) is 6.07 Å². The van der Waals surface area contributed by atoms with Gasteiger partial charge in [-0.05, 0) is 43.0 Å². The molecular formula is C14H19ClFNO. The lowest BCUT2D eigenvalue weighted by Crippen LogP contribution is -2.45. The minimum Gasteiger partial charge on any atom is -0.395 e. The van der Waals surface area contributed by atoms with Gasteiger partial charge in [0.25, 0.3) is 0 Å². The van der Waals surface area contributed by atoms with Crippen LogP contribution in [0.2, 0.25) is 5.02 Å². The van der Waals surface area contributed by atoms with Gasteiger partial charge in [0.1, 0.15) is 5.82 Å². The molecule has 1 aliphatic rings. The number of likely N-dealkylation sites (tertiary alicyclic amines) is 1. The van der Waals surface area contributed by atoms with Crippen molar-refractivity contribution in [2.24, 2.45) is 5.92 Å². The van der Waals surface area contributed by atoms with Crippen molar-refractivity contribution in [2.45, 2.75) is 32.4 Å². The smallest absolute Gasteiger partial charge is 0.141 e. The van der Waals surface area contributed by atoms with Crippen LogP contribution in [-0.2, 0) is 6.54 Å². The van der Waals surface area contributed by atoms with E-state index in [1.807, 2.05) is 0 Å². The number of piperidine rings is 1. The molecule has 1 aliphatic heterocycles. The van der Waals surface area contributed by atoms with E-state index < -0.39 is 0 Å². The normalized spacial score (nSPS) is 25.3. The van der Waals surface area contributed by atoms with Crippen LogP contribution < -0.4 is 0 Å². The quantitative estimate of drug-likeness (QED) is 0.913. The van der Waals surface area contributed by atoms with Crippen LogP contribution in [0.5, 0.6) is 0 Å². The molecule has 0 amide bonds. The molecule has 0 bridgehead atoms. The second-order valence-electron chi connectivity index (χ2n) is 5.09. The van der Waals surface area contributed by atoms with Crippen molar-refractivity contribution in [3.05, 3.63) is 34.6 Å². The molecule has 1 fully saturated rings. The molecule has 1 aromatic carbocycles. The summed E-state index contributed by atoms with van der Waals surface area (Å²) in [4.78, 5) is 2.26. The van der Waals surface area contributed by atoms with Gasteiger partial charge in [0.2, 0.25) is 0 Å². The molecule has 1 saturated heterocycles. The standard InChI is InChI=1S/C14H19ClFNO/c1-10-3-2-6-17(14(10)9-18)8-11-4-5-13(16)12(15)7-11/h4-5,7,10,14,18H,2-3,6,8-9H2,1H3/t10-,14+/m0/s1. The van der Waals surface area contributed by atoms with Crippen LogP contribution in [0.1, 0.15) is 25.3 Å². The first-order valence-corrected chi connectivity index (χ1v) is 6.78. The number of nitrogens with zero attached hydrogens (tertiary/aromatic N) is 1. The Morgan fingerprint density at radius 1 is 1.50 bits per heavy atom. The largest absolute Gasteiger partial charge is 0.395 e. The van der Waals surface area contributed by atoms with Gasteiger partial charge in [0, 0.05) is 12.6 Å². The molecule has 0 radical (unpaired) electrons. The first-order valence-electron chi connectivity index (χ1n) is 6.40. The zero-order valence-electron chi connectivity index (χ0n) is 10.6. The van der Waals surface area contributed by atoms with E-state index in [0.717, 1.165) is 31.5 Å². The average molecular weight is 272 g/mol. The number of hydrogen-bond donors (Lipinski definition) is 1. The average Bonchev–Trinajstić information content (AvgIpc) is 2.34. The molecule has 0 aliphatic carbocycles. The Hall–Kier alpha value is -0.640. The van der Waals surface area contributed by atoms with Crippen LogP contribution in [-0.4, -0.2) is 29.2 Å². The van der Waals surface area contributed by atoms with Crippen LogP contribution in [0.3, 0.4) is 0 Å². The van der Waals surface area contributed by atoms with Gasteiger partial charge >= 0.3 is 0 Å². The zero-order chi connectivity index (χ0) is 13.1. The van der Waals surface area contributed by atoms with Gasteiger partial charge in [0.15, 0.2) is 0 Å². The first-order chi connectivity index (χ1) is 8.61. The van der Waals surface area contributed by atoms with E-state index in [0.29, 0.717) is 5.92 Å². The fourth-order valence-electron chi connectivity index (χ4n) is 2.70. The van der Waals surface area contributed by atoms with Crippen LogP contribution in [0.15, 0.2) is 18.2 Å². The maximum absolute atomic E-state index is 13.1.